The zero-order chi connectivity index (χ0) is 15.5. The van der Waals surface area contributed by atoms with E-state index in [2.05, 4.69) is 10.2 Å². The standard InChI is InChI=1S/C15H29N3O3/c1-17(2)9-12-8-13(19)10-18(12)14(20)15(11-21-3)4-6-16-7-5-15/h12-13,16,19H,4-11H2,1-3H3. The molecule has 2 saturated heterocycles. The molecule has 0 radical (unpaired) electrons. The van der Waals surface area contributed by atoms with Gasteiger partial charge in [0.15, 0.2) is 0 Å². The lowest BCUT2D eigenvalue weighted by Crippen LogP contribution is -2.54. The highest BCUT2D eigenvalue weighted by Crippen LogP contribution is 2.34. The molecule has 2 unspecified atom stereocenters. The molecule has 2 rings (SSSR count). The quantitative estimate of drug-likeness (QED) is 0.718. The Hall–Kier alpha value is -0.690. The molecule has 2 aliphatic rings. The van der Waals surface area contributed by atoms with Crippen molar-refractivity contribution in [3.05, 3.63) is 0 Å². The van der Waals surface area contributed by atoms with Crippen molar-refractivity contribution in [1.29, 1.82) is 0 Å². The summed E-state index contributed by atoms with van der Waals surface area (Å²) < 4.78 is 5.36. The van der Waals surface area contributed by atoms with E-state index in [1.807, 2.05) is 19.0 Å². The number of carbonyl (C=O) groups is 1. The van der Waals surface area contributed by atoms with E-state index in [-0.39, 0.29) is 11.9 Å². The van der Waals surface area contributed by atoms with Crippen LogP contribution in [0.1, 0.15) is 19.3 Å². The van der Waals surface area contributed by atoms with E-state index in [0.29, 0.717) is 19.6 Å². The lowest BCUT2D eigenvalue weighted by molar-refractivity contribution is -0.149. The van der Waals surface area contributed by atoms with Crippen LogP contribution in [-0.4, -0.2) is 87.0 Å². The van der Waals surface area contributed by atoms with Crippen molar-refractivity contribution in [2.45, 2.75) is 31.4 Å². The van der Waals surface area contributed by atoms with Crippen LogP contribution in [0.15, 0.2) is 0 Å². The third-order valence-electron chi connectivity index (χ3n) is 4.66. The summed E-state index contributed by atoms with van der Waals surface area (Å²) in [6.07, 6.45) is 1.88. The van der Waals surface area contributed by atoms with Gasteiger partial charge in [0.1, 0.15) is 0 Å². The van der Waals surface area contributed by atoms with Gasteiger partial charge in [0.2, 0.25) is 5.91 Å². The zero-order valence-electron chi connectivity index (χ0n) is 13.5. The van der Waals surface area contributed by atoms with Crippen LogP contribution in [-0.2, 0) is 9.53 Å². The molecule has 0 spiro atoms. The first-order valence-corrected chi connectivity index (χ1v) is 7.82. The van der Waals surface area contributed by atoms with Crippen molar-refractivity contribution in [2.24, 2.45) is 5.41 Å². The molecule has 2 atom stereocenters. The molecule has 2 aliphatic heterocycles. The molecule has 21 heavy (non-hydrogen) atoms. The minimum atomic E-state index is -0.422. The first-order chi connectivity index (χ1) is 9.98. The second-order valence-corrected chi connectivity index (χ2v) is 6.73. The van der Waals surface area contributed by atoms with Crippen LogP contribution in [0.3, 0.4) is 0 Å². The Labute approximate surface area is 127 Å². The van der Waals surface area contributed by atoms with Crippen LogP contribution in [0.4, 0.5) is 0 Å². The maximum Gasteiger partial charge on any atom is 0.231 e. The largest absolute Gasteiger partial charge is 0.391 e. The van der Waals surface area contributed by atoms with Crippen molar-refractivity contribution < 1.29 is 14.6 Å². The summed E-state index contributed by atoms with van der Waals surface area (Å²) in [5.41, 5.74) is -0.422. The molecule has 2 heterocycles. The summed E-state index contributed by atoms with van der Waals surface area (Å²) in [7, 11) is 5.67. The van der Waals surface area contributed by atoms with Gasteiger partial charge in [-0.25, -0.2) is 0 Å². The summed E-state index contributed by atoms with van der Waals surface area (Å²) in [6, 6.07) is 0.103. The molecule has 2 N–H and O–H groups in total. The third kappa shape index (κ3) is 3.74. The SMILES string of the molecule is COCC1(C(=O)N2CC(O)CC2CN(C)C)CCNCC1. The number of β-amino-alcohol motifs (C(OH)–C–C–N with tert-alkyl or cyclic N) is 1. The number of likely N-dealkylation sites (N-methyl/N-ethyl adjacent to an activating group) is 1. The Kier molecular flexibility index (Phi) is 5.60. The molecule has 1 amide bonds. The number of aliphatic hydroxyl groups is 1. The molecule has 0 bridgehead atoms. The number of piperidine rings is 1. The number of nitrogens with zero attached hydrogens (tertiary/aromatic N) is 2. The smallest absolute Gasteiger partial charge is 0.231 e. The van der Waals surface area contributed by atoms with Gasteiger partial charge in [0.25, 0.3) is 0 Å². The molecule has 0 aromatic heterocycles. The van der Waals surface area contributed by atoms with Crippen molar-refractivity contribution in [2.75, 3.05) is 54.0 Å². The highest BCUT2D eigenvalue weighted by Gasteiger charge is 2.46. The first kappa shape index (κ1) is 16.7. The Bertz CT molecular complexity index is 351. The molecule has 122 valence electrons. The van der Waals surface area contributed by atoms with Crippen LogP contribution in [0.25, 0.3) is 0 Å². The predicted octanol–water partition coefficient (Wildman–Crippen LogP) is -0.474. The molecular formula is C15H29N3O3. The summed E-state index contributed by atoms with van der Waals surface area (Å²) in [4.78, 5) is 17.1. The maximum absolute atomic E-state index is 13.1. The predicted molar refractivity (Wildman–Crippen MR) is 81.1 cm³/mol. The fourth-order valence-electron chi connectivity index (χ4n) is 3.64. The molecular weight excluding hydrogens is 270 g/mol. The normalized spacial score (nSPS) is 29.1. The Morgan fingerprint density at radius 2 is 2.10 bits per heavy atom. The number of hydrogen-bond acceptors (Lipinski definition) is 5. The molecule has 0 aromatic carbocycles. The second-order valence-electron chi connectivity index (χ2n) is 6.73. The number of amides is 1. The van der Waals surface area contributed by atoms with E-state index >= 15 is 0 Å². The molecule has 6 nitrogen and oxygen atoms in total. The van der Waals surface area contributed by atoms with E-state index in [1.165, 1.54) is 0 Å². The summed E-state index contributed by atoms with van der Waals surface area (Å²) >= 11 is 0. The van der Waals surface area contributed by atoms with Gasteiger partial charge in [-0.2, -0.15) is 0 Å². The fourth-order valence-corrected chi connectivity index (χ4v) is 3.64. The molecule has 0 aromatic rings. The van der Waals surface area contributed by atoms with Crippen LogP contribution in [0.2, 0.25) is 0 Å². The van der Waals surface area contributed by atoms with Crippen molar-refractivity contribution in [3.8, 4) is 0 Å². The van der Waals surface area contributed by atoms with Gasteiger partial charge in [-0.15, -0.1) is 0 Å². The minimum absolute atomic E-state index is 0.103. The lowest BCUT2D eigenvalue weighted by Gasteiger charge is -2.40. The average molecular weight is 299 g/mol. The average Bonchev–Trinajstić information content (AvgIpc) is 2.79. The molecule has 0 saturated carbocycles. The number of carbonyl (C=O) groups excluding carboxylic acids is 1. The van der Waals surface area contributed by atoms with Gasteiger partial charge < -0.3 is 25.0 Å². The highest BCUT2D eigenvalue weighted by atomic mass is 16.5. The molecule has 0 aliphatic carbocycles. The van der Waals surface area contributed by atoms with Crippen LogP contribution in [0.5, 0.6) is 0 Å². The number of hydrogen-bond donors (Lipinski definition) is 2. The topological polar surface area (TPSA) is 65.0 Å². The number of methoxy groups -OCH3 is 1. The zero-order valence-corrected chi connectivity index (χ0v) is 13.5. The number of rotatable bonds is 5. The third-order valence-corrected chi connectivity index (χ3v) is 4.66. The fraction of sp³-hybridized carbons (Fsp3) is 0.933. The minimum Gasteiger partial charge on any atom is -0.391 e. The van der Waals surface area contributed by atoms with Gasteiger partial charge in [-0.3, -0.25) is 4.79 Å². The molecule has 6 heteroatoms. The van der Waals surface area contributed by atoms with E-state index < -0.39 is 11.5 Å². The first-order valence-electron chi connectivity index (χ1n) is 7.82. The van der Waals surface area contributed by atoms with Crippen LogP contribution in [0, 0.1) is 5.41 Å². The Morgan fingerprint density at radius 1 is 1.43 bits per heavy atom. The number of ether oxygens (including phenoxy) is 1. The number of aliphatic hydroxyl groups excluding tert-OH is 1. The van der Waals surface area contributed by atoms with E-state index in [0.717, 1.165) is 32.5 Å². The van der Waals surface area contributed by atoms with Gasteiger partial charge in [0.05, 0.1) is 18.1 Å². The van der Waals surface area contributed by atoms with E-state index in [4.69, 9.17) is 4.74 Å². The lowest BCUT2D eigenvalue weighted by atomic mass is 9.78. The monoisotopic (exact) mass is 299 g/mol. The Balaban J connectivity index is 2.14. The van der Waals surface area contributed by atoms with Crippen molar-refractivity contribution in [1.82, 2.24) is 15.1 Å². The molecule has 2 fully saturated rings. The van der Waals surface area contributed by atoms with Crippen LogP contribution >= 0.6 is 0 Å². The summed E-state index contributed by atoms with van der Waals surface area (Å²) in [5, 5.41) is 13.3. The van der Waals surface area contributed by atoms with Crippen molar-refractivity contribution >= 4 is 5.91 Å². The van der Waals surface area contributed by atoms with Gasteiger partial charge in [-0.05, 0) is 46.4 Å². The second kappa shape index (κ2) is 7.05. The van der Waals surface area contributed by atoms with Crippen LogP contribution < -0.4 is 5.32 Å². The summed E-state index contributed by atoms with van der Waals surface area (Å²) in [5.74, 6) is 0.161. The van der Waals surface area contributed by atoms with E-state index in [1.54, 1.807) is 7.11 Å². The number of likely N-dealkylation sites (tertiary alicyclic amines) is 1. The number of nitrogens with one attached hydrogen (secondary N) is 1. The Morgan fingerprint density at radius 3 is 2.67 bits per heavy atom. The summed E-state index contributed by atoms with van der Waals surface area (Å²) in [6.45, 7) is 3.42. The highest BCUT2D eigenvalue weighted by molar-refractivity contribution is 5.83. The van der Waals surface area contributed by atoms with Crippen molar-refractivity contribution in [3.63, 3.8) is 0 Å². The van der Waals surface area contributed by atoms with Gasteiger partial charge in [0, 0.05) is 26.2 Å². The van der Waals surface area contributed by atoms with Gasteiger partial charge in [-0.1, -0.05) is 0 Å². The van der Waals surface area contributed by atoms with Gasteiger partial charge >= 0.3 is 0 Å². The van der Waals surface area contributed by atoms with E-state index in [9.17, 15) is 9.90 Å². The maximum atomic E-state index is 13.1.